The second-order valence-electron chi connectivity index (χ2n) is 4.40. The number of carboxylic acids is 1. The number of benzene rings is 1. The van der Waals surface area contributed by atoms with E-state index in [1.807, 2.05) is 19.1 Å². The van der Waals surface area contributed by atoms with Gasteiger partial charge < -0.3 is 10.8 Å². The first-order valence-corrected chi connectivity index (χ1v) is 5.61. The summed E-state index contributed by atoms with van der Waals surface area (Å²) < 4.78 is 0. The van der Waals surface area contributed by atoms with E-state index in [0.717, 1.165) is 24.0 Å². The summed E-state index contributed by atoms with van der Waals surface area (Å²) in [5.41, 5.74) is 7.24. The largest absolute Gasteiger partial charge is 0.480 e. The highest BCUT2D eigenvalue weighted by Crippen LogP contribution is 2.53. The van der Waals surface area contributed by atoms with Gasteiger partial charge in [0.25, 0.3) is 0 Å². The summed E-state index contributed by atoms with van der Waals surface area (Å²) in [4.78, 5) is 11.0. The van der Waals surface area contributed by atoms with Crippen molar-refractivity contribution in [1.82, 2.24) is 0 Å². The molecule has 1 atom stereocenters. The number of aliphatic carboxylic acids is 1. The lowest BCUT2D eigenvalue weighted by atomic mass is 9.85. The fraction of sp³-hybridized carbons (Fsp3) is 0.417. The molecule has 0 spiro atoms. The van der Waals surface area contributed by atoms with Crippen molar-refractivity contribution in [2.24, 2.45) is 5.73 Å². The molecule has 2 rings (SSSR count). The first kappa shape index (κ1) is 11.4. The summed E-state index contributed by atoms with van der Waals surface area (Å²) in [5, 5.41) is 9.65. The molecule has 16 heavy (non-hydrogen) atoms. The minimum atomic E-state index is -0.961. The van der Waals surface area contributed by atoms with Crippen LogP contribution in [0.4, 0.5) is 0 Å². The van der Waals surface area contributed by atoms with E-state index in [2.05, 4.69) is 0 Å². The van der Waals surface area contributed by atoms with E-state index < -0.39 is 17.4 Å². The predicted octanol–water partition coefficient (Wildman–Crippen LogP) is 2.09. The number of hydrogen-bond acceptors (Lipinski definition) is 2. The highest BCUT2D eigenvalue weighted by molar-refractivity contribution is 6.31. The molecule has 1 saturated carbocycles. The maximum absolute atomic E-state index is 11.0. The van der Waals surface area contributed by atoms with Crippen molar-refractivity contribution < 1.29 is 9.90 Å². The first-order valence-electron chi connectivity index (χ1n) is 5.23. The van der Waals surface area contributed by atoms with Crippen LogP contribution in [0, 0.1) is 6.92 Å². The Morgan fingerprint density at radius 2 is 2.19 bits per heavy atom. The average molecular weight is 240 g/mol. The molecule has 1 aromatic carbocycles. The number of halogens is 1. The van der Waals surface area contributed by atoms with Gasteiger partial charge in [0.05, 0.1) is 0 Å². The molecule has 1 aromatic rings. The molecule has 86 valence electrons. The van der Waals surface area contributed by atoms with Gasteiger partial charge in [-0.25, -0.2) is 0 Å². The van der Waals surface area contributed by atoms with Crippen molar-refractivity contribution in [2.75, 3.05) is 0 Å². The quantitative estimate of drug-likeness (QED) is 0.849. The van der Waals surface area contributed by atoms with Gasteiger partial charge in [-0.2, -0.15) is 0 Å². The lowest BCUT2D eigenvalue weighted by Crippen LogP contribution is -2.42. The van der Waals surface area contributed by atoms with Crippen LogP contribution in [0.1, 0.15) is 24.0 Å². The van der Waals surface area contributed by atoms with Gasteiger partial charge in [0.2, 0.25) is 0 Å². The lowest BCUT2D eigenvalue weighted by Gasteiger charge is -2.23. The van der Waals surface area contributed by atoms with E-state index in [1.165, 1.54) is 0 Å². The number of carbonyl (C=O) groups is 1. The van der Waals surface area contributed by atoms with Crippen molar-refractivity contribution in [3.05, 3.63) is 34.3 Å². The highest BCUT2D eigenvalue weighted by atomic mass is 35.5. The molecule has 0 heterocycles. The zero-order chi connectivity index (χ0) is 11.9. The molecule has 0 bridgehead atoms. The van der Waals surface area contributed by atoms with Crippen LogP contribution in [-0.2, 0) is 10.2 Å². The molecule has 3 N–H and O–H groups in total. The summed E-state index contributed by atoms with van der Waals surface area (Å²) in [6, 6.07) is 4.73. The molecule has 1 aliphatic carbocycles. The van der Waals surface area contributed by atoms with Gasteiger partial charge in [-0.15, -0.1) is 0 Å². The Bertz CT molecular complexity index is 420. The van der Waals surface area contributed by atoms with Crippen LogP contribution in [0.3, 0.4) is 0 Å². The maximum Gasteiger partial charge on any atom is 0.321 e. The first-order chi connectivity index (χ1) is 7.49. The van der Waals surface area contributed by atoms with E-state index in [4.69, 9.17) is 22.4 Å². The fourth-order valence-corrected chi connectivity index (χ4v) is 2.76. The van der Waals surface area contributed by atoms with Gasteiger partial charge in [-0.3, -0.25) is 4.79 Å². The number of aryl methyl sites for hydroxylation is 1. The van der Waals surface area contributed by atoms with Crippen LogP contribution >= 0.6 is 11.6 Å². The second kappa shape index (κ2) is 3.75. The third kappa shape index (κ3) is 1.60. The fourth-order valence-electron chi connectivity index (χ4n) is 2.35. The van der Waals surface area contributed by atoms with Gasteiger partial charge in [0.15, 0.2) is 0 Å². The highest BCUT2D eigenvalue weighted by Gasteiger charge is 2.53. The number of nitrogens with two attached hydrogens (primary N) is 1. The second-order valence-corrected chi connectivity index (χ2v) is 4.81. The number of carboxylic acid groups (broad SMARTS) is 1. The summed E-state index contributed by atoms with van der Waals surface area (Å²) >= 11 is 6.15. The van der Waals surface area contributed by atoms with Crippen molar-refractivity contribution in [1.29, 1.82) is 0 Å². The summed E-state index contributed by atoms with van der Waals surface area (Å²) in [7, 11) is 0. The van der Waals surface area contributed by atoms with E-state index >= 15 is 0 Å². The SMILES string of the molecule is Cc1cccc(Cl)c1C1(C(N)C(=O)O)CC1. The molecule has 0 radical (unpaired) electrons. The van der Waals surface area contributed by atoms with Crippen molar-refractivity contribution >= 4 is 17.6 Å². The zero-order valence-electron chi connectivity index (χ0n) is 9.03. The molecule has 0 aromatic heterocycles. The average Bonchev–Trinajstić information content (AvgIpc) is 2.97. The van der Waals surface area contributed by atoms with Crippen LogP contribution in [-0.4, -0.2) is 17.1 Å². The molecule has 0 saturated heterocycles. The van der Waals surface area contributed by atoms with Crippen LogP contribution < -0.4 is 5.73 Å². The van der Waals surface area contributed by atoms with E-state index in [1.54, 1.807) is 6.07 Å². The summed E-state index contributed by atoms with van der Waals surface area (Å²) in [5.74, 6) is -0.961. The minimum Gasteiger partial charge on any atom is -0.480 e. The number of hydrogen-bond donors (Lipinski definition) is 2. The van der Waals surface area contributed by atoms with Crippen LogP contribution in [0.15, 0.2) is 18.2 Å². The van der Waals surface area contributed by atoms with Crippen molar-refractivity contribution in [3.8, 4) is 0 Å². The van der Waals surface area contributed by atoms with Crippen LogP contribution in [0.2, 0.25) is 5.02 Å². The molecular formula is C12H14ClNO2. The van der Waals surface area contributed by atoms with Gasteiger partial charge in [-0.1, -0.05) is 23.7 Å². The summed E-state index contributed by atoms with van der Waals surface area (Å²) in [6.45, 7) is 1.94. The third-order valence-corrected chi connectivity index (χ3v) is 3.68. The molecule has 1 aliphatic rings. The Hall–Kier alpha value is -1.06. The van der Waals surface area contributed by atoms with Crippen molar-refractivity contribution in [3.63, 3.8) is 0 Å². The smallest absolute Gasteiger partial charge is 0.321 e. The standard InChI is InChI=1S/C12H14ClNO2/c1-7-3-2-4-8(13)9(7)12(5-6-12)10(14)11(15)16/h2-4,10H,5-6,14H2,1H3,(H,15,16). The zero-order valence-corrected chi connectivity index (χ0v) is 9.79. The number of rotatable bonds is 3. The Morgan fingerprint density at radius 1 is 1.56 bits per heavy atom. The Labute approximate surface area is 99.2 Å². The molecule has 1 fully saturated rings. The molecule has 0 aliphatic heterocycles. The van der Waals surface area contributed by atoms with E-state index in [-0.39, 0.29) is 0 Å². The lowest BCUT2D eigenvalue weighted by molar-refractivity contribution is -0.139. The normalized spacial score (nSPS) is 19.2. The summed E-state index contributed by atoms with van der Waals surface area (Å²) in [6.07, 6.45) is 1.59. The van der Waals surface area contributed by atoms with Crippen LogP contribution in [0.25, 0.3) is 0 Å². The molecule has 4 heteroatoms. The van der Waals surface area contributed by atoms with Gasteiger partial charge in [0.1, 0.15) is 6.04 Å². The molecule has 1 unspecified atom stereocenters. The van der Waals surface area contributed by atoms with Gasteiger partial charge in [0, 0.05) is 10.4 Å². The Morgan fingerprint density at radius 3 is 2.62 bits per heavy atom. The Kier molecular flexibility index (Phi) is 2.68. The minimum absolute atomic E-state index is 0.450. The molecule has 3 nitrogen and oxygen atoms in total. The molecule has 0 amide bonds. The predicted molar refractivity (Wildman–Crippen MR) is 62.7 cm³/mol. The van der Waals surface area contributed by atoms with E-state index in [9.17, 15) is 4.79 Å². The van der Waals surface area contributed by atoms with E-state index in [0.29, 0.717) is 5.02 Å². The topological polar surface area (TPSA) is 63.3 Å². The van der Waals surface area contributed by atoms with Gasteiger partial charge in [-0.05, 0) is 37.0 Å². The van der Waals surface area contributed by atoms with Gasteiger partial charge >= 0.3 is 5.97 Å². The third-order valence-electron chi connectivity index (χ3n) is 3.37. The Balaban J connectivity index is 2.48. The maximum atomic E-state index is 11.0. The van der Waals surface area contributed by atoms with Crippen LogP contribution in [0.5, 0.6) is 0 Å². The molecular weight excluding hydrogens is 226 g/mol. The van der Waals surface area contributed by atoms with Crippen molar-refractivity contribution in [2.45, 2.75) is 31.2 Å². The monoisotopic (exact) mass is 239 g/mol.